The van der Waals surface area contributed by atoms with Crippen molar-refractivity contribution in [3.63, 3.8) is 0 Å². The van der Waals surface area contributed by atoms with E-state index in [0.717, 1.165) is 28.9 Å². The normalized spacial score (nSPS) is 15.4. The van der Waals surface area contributed by atoms with Crippen LogP contribution in [-0.2, 0) is 0 Å². The number of aromatic nitrogens is 4. The van der Waals surface area contributed by atoms with Gasteiger partial charge in [0.15, 0.2) is 0 Å². The minimum absolute atomic E-state index is 0.728. The van der Waals surface area contributed by atoms with Crippen LogP contribution in [0.1, 0.15) is 19.3 Å². The van der Waals surface area contributed by atoms with Crippen molar-refractivity contribution >= 4 is 17.3 Å². The van der Waals surface area contributed by atoms with Crippen LogP contribution in [-0.4, -0.2) is 26.8 Å². The van der Waals surface area contributed by atoms with E-state index in [1.807, 2.05) is 18.2 Å². The number of nitrogens with zero attached hydrogens (tertiary/aromatic N) is 4. The highest BCUT2D eigenvalue weighted by molar-refractivity contribution is 6.33. The molecule has 1 aromatic carbocycles. The van der Waals surface area contributed by atoms with Crippen LogP contribution < -0.4 is 5.32 Å². The maximum atomic E-state index is 6.18. The number of anilines is 1. The summed E-state index contributed by atoms with van der Waals surface area (Å²) in [5.41, 5.74) is 1.84. The number of tetrazole rings is 1. The highest BCUT2D eigenvalue weighted by Crippen LogP contribution is 2.29. The molecule has 1 fully saturated rings. The zero-order valence-electron chi connectivity index (χ0n) is 9.88. The van der Waals surface area contributed by atoms with Gasteiger partial charge in [-0.2, -0.15) is 0 Å². The summed E-state index contributed by atoms with van der Waals surface area (Å²) >= 11 is 6.18. The van der Waals surface area contributed by atoms with Crippen LogP contribution in [0.25, 0.3) is 5.69 Å². The standard InChI is InChI=1S/C12H14ClN5/c13-11-5-4-10(18-8-15-16-17-18)6-12(11)14-7-9-2-1-3-9/h4-6,8-9,14H,1-3,7H2. The SMILES string of the molecule is Clc1ccc(-n2cnnn2)cc1NCC1CCC1. The molecule has 0 amide bonds. The van der Waals surface area contributed by atoms with Gasteiger partial charge < -0.3 is 5.32 Å². The molecule has 0 saturated heterocycles. The van der Waals surface area contributed by atoms with E-state index in [4.69, 9.17) is 11.6 Å². The second-order valence-corrected chi connectivity index (χ2v) is 5.00. The summed E-state index contributed by atoms with van der Waals surface area (Å²) in [6, 6.07) is 5.73. The molecule has 1 heterocycles. The lowest BCUT2D eigenvalue weighted by atomic mass is 9.85. The van der Waals surface area contributed by atoms with Crippen molar-refractivity contribution in [1.82, 2.24) is 20.2 Å². The molecule has 6 heteroatoms. The molecule has 1 aliphatic carbocycles. The molecule has 18 heavy (non-hydrogen) atoms. The van der Waals surface area contributed by atoms with Crippen LogP contribution in [0.4, 0.5) is 5.69 Å². The zero-order valence-corrected chi connectivity index (χ0v) is 10.6. The van der Waals surface area contributed by atoms with Crippen LogP contribution in [0.2, 0.25) is 5.02 Å². The van der Waals surface area contributed by atoms with Gasteiger partial charge in [-0.25, -0.2) is 4.68 Å². The van der Waals surface area contributed by atoms with E-state index >= 15 is 0 Å². The lowest BCUT2D eigenvalue weighted by molar-refractivity contribution is 0.333. The second kappa shape index (κ2) is 4.94. The van der Waals surface area contributed by atoms with Crippen molar-refractivity contribution < 1.29 is 0 Å². The second-order valence-electron chi connectivity index (χ2n) is 4.60. The smallest absolute Gasteiger partial charge is 0.143 e. The lowest BCUT2D eigenvalue weighted by Gasteiger charge is -2.26. The van der Waals surface area contributed by atoms with Crippen molar-refractivity contribution in [3.05, 3.63) is 29.5 Å². The first kappa shape index (κ1) is 11.5. The Balaban J connectivity index is 1.77. The fourth-order valence-corrected chi connectivity index (χ4v) is 2.21. The van der Waals surface area contributed by atoms with Gasteiger partial charge in [0.05, 0.1) is 16.4 Å². The Hall–Kier alpha value is -1.62. The average Bonchev–Trinajstić information content (AvgIpc) is 2.83. The molecule has 0 unspecified atom stereocenters. The van der Waals surface area contributed by atoms with E-state index in [0.29, 0.717) is 0 Å². The number of hydrogen-bond donors (Lipinski definition) is 1. The Morgan fingerprint density at radius 2 is 2.28 bits per heavy atom. The van der Waals surface area contributed by atoms with Crippen molar-refractivity contribution in [3.8, 4) is 5.69 Å². The maximum absolute atomic E-state index is 6.18. The average molecular weight is 264 g/mol. The first-order chi connectivity index (χ1) is 8.83. The molecule has 3 rings (SSSR count). The number of nitrogens with one attached hydrogen (secondary N) is 1. The molecule has 0 aliphatic heterocycles. The van der Waals surface area contributed by atoms with Gasteiger partial charge in [-0.1, -0.05) is 18.0 Å². The van der Waals surface area contributed by atoms with E-state index in [-0.39, 0.29) is 0 Å². The van der Waals surface area contributed by atoms with E-state index in [2.05, 4.69) is 20.8 Å². The fraction of sp³-hybridized carbons (Fsp3) is 0.417. The fourth-order valence-electron chi connectivity index (χ4n) is 2.02. The Morgan fingerprint density at radius 1 is 1.39 bits per heavy atom. The monoisotopic (exact) mass is 263 g/mol. The summed E-state index contributed by atoms with van der Waals surface area (Å²) in [5, 5.41) is 15.2. The number of benzene rings is 1. The van der Waals surface area contributed by atoms with E-state index in [1.54, 1.807) is 11.0 Å². The highest BCUT2D eigenvalue weighted by Gasteiger charge is 2.17. The molecule has 0 atom stereocenters. The maximum Gasteiger partial charge on any atom is 0.143 e. The molecule has 2 aromatic rings. The Morgan fingerprint density at radius 3 is 2.94 bits per heavy atom. The number of halogens is 1. The highest BCUT2D eigenvalue weighted by atomic mass is 35.5. The van der Waals surface area contributed by atoms with Gasteiger partial charge in [0.2, 0.25) is 0 Å². The third-order valence-electron chi connectivity index (χ3n) is 3.37. The molecule has 1 N–H and O–H groups in total. The van der Waals surface area contributed by atoms with Crippen LogP contribution >= 0.6 is 11.6 Å². The van der Waals surface area contributed by atoms with Gasteiger partial charge in [0.1, 0.15) is 6.33 Å². The number of rotatable bonds is 4. The zero-order chi connectivity index (χ0) is 12.4. The molecule has 0 spiro atoms. The summed E-state index contributed by atoms with van der Waals surface area (Å²) in [7, 11) is 0. The van der Waals surface area contributed by atoms with Crippen LogP contribution in [0.3, 0.4) is 0 Å². The van der Waals surface area contributed by atoms with Gasteiger partial charge in [0.25, 0.3) is 0 Å². The summed E-state index contributed by atoms with van der Waals surface area (Å²) in [6.07, 6.45) is 5.55. The molecule has 1 saturated carbocycles. The van der Waals surface area contributed by atoms with Gasteiger partial charge >= 0.3 is 0 Å². The van der Waals surface area contributed by atoms with Crippen LogP contribution in [0, 0.1) is 5.92 Å². The summed E-state index contributed by atoms with van der Waals surface area (Å²) < 4.78 is 1.62. The minimum atomic E-state index is 0.728. The van der Waals surface area contributed by atoms with E-state index in [9.17, 15) is 0 Å². The first-order valence-corrected chi connectivity index (χ1v) is 6.47. The summed E-state index contributed by atoms with van der Waals surface area (Å²) in [6.45, 7) is 0.985. The molecule has 1 aromatic heterocycles. The van der Waals surface area contributed by atoms with Crippen LogP contribution in [0.5, 0.6) is 0 Å². The van der Waals surface area contributed by atoms with Gasteiger partial charge in [-0.05, 0) is 47.4 Å². The topological polar surface area (TPSA) is 55.6 Å². The van der Waals surface area contributed by atoms with Gasteiger partial charge in [-0.3, -0.25) is 0 Å². The van der Waals surface area contributed by atoms with Crippen molar-refractivity contribution in [2.45, 2.75) is 19.3 Å². The Labute approximate surface area is 110 Å². The molecule has 1 aliphatic rings. The molecule has 5 nitrogen and oxygen atoms in total. The van der Waals surface area contributed by atoms with E-state index in [1.165, 1.54) is 19.3 Å². The van der Waals surface area contributed by atoms with Crippen LogP contribution in [0.15, 0.2) is 24.5 Å². The summed E-state index contributed by atoms with van der Waals surface area (Å²) in [5.74, 6) is 0.790. The minimum Gasteiger partial charge on any atom is -0.384 e. The predicted molar refractivity (Wildman–Crippen MR) is 70.0 cm³/mol. The first-order valence-electron chi connectivity index (χ1n) is 6.10. The van der Waals surface area contributed by atoms with Gasteiger partial charge in [-0.15, -0.1) is 5.10 Å². The number of hydrogen-bond acceptors (Lipinski definition) is 4. The van der Waals surface area contributed by atoms with Crippen molar-refractivity contribution in [2.75, 3.05) is 11.9 Å². The van der Waals surface area contributed by atoms with E-state index < -0.39 is 0 Å². The summed E-state index contributed by atoms with van der Waals surface area (Å²) in [4.78, 5) is 0. The van der Waals surface area contributed by atoms with Gasteiger partial charge in [0, 0.05) is 6.54 Å². The Kier molecular flexibility index (Phi) is 3.15. The lowest BCUT2D eigenvalue weighted by Crippen LogP contribution is -2.21. The van der Waals surface area contributed by atoms with Crippen molar-refractivity contribution in [1.29, 1.82) is 0 Å². The molecule has 0 radical (unpaired) electrons. The molecule has 0 bridgehead atoms. The quantitative estimate of drug-likeness (QED) is 0.921. The largest absolute Gasteiger partial charge is 0.384 e. The molecular weight excluding hydrogens is 250 g/mol. The third kappa shape index (κ3) is 2.31. The Bertz CT molecular complexity index is 521. The van der Waals surface area contributed by atoms with Crippen molar-refractivity contribution in [2.24, 2.45) is 5.92 Å². The molecular formula is C12H14ClN5. The predicted octanol–water partition coefficient (Wildman–Crippen LogP) is 2.53. The third-order valence-corrected chi connectivity index (χ3v) is 3.70. The molecule has 94 valence electrons.